The number of benzene rings is 1. The molecule has 2 amide bonds. The summed E-state index contributed by atoms with van der Waals surface area (Å²) in [6.07, 6.45) is 1.71. The van der Waals surface area contributed by atoms with Gasteiger partial charge in [-0.05, 0) is 38.0 Å². The maximum atomic E-state index is 12.3. The summed E-state index contributed by atoms with van der Waals surface area (Å²) in [5.74, 6) is 0. The van der Waals surface area contributed by atoms with Crippen LogP contribution in [0, 0.1) is 0 Å². The minimum atomic E-state index is -0.480. The maximum Gasteiger partial charge on any atom is 0.322 e. The fourth-order valence-corrected chi connectivity index (χ4v) is 3.03. The van der Waals surface area contributed by atoms with Crippen LogP contribution in [0.3, 0.4) is 0 Å². The number of carbonyl (C=O) groups is 1. The van der Waals surface area contributed by atoms with Crippen molar-refractivity contribution in [3.63, 3.8) is 0 Å². The summed E-state index contributed by atoms with van der Waals surface area (Å²) in [6, 6.07) is 5.07. The summed E-state index contributed by atoms with van der Waals surface area (Å²) < 4.78 is 0.858. The van der Waals surface area contributed by atoms with Crippen LogP contribution in [0.2, 0.25) is 5.02 Å². The Morgan fingerprint density at radius 1 is 1.63 bits per heavy atom. The van der Waals surface area contributed by atoms with Gasteiger partial charge in [0.15, 0.2) is 0 Å². The molecule has 2 N–H and O–H groups in total. The first-order valence-corrected chi connectivity index (χ1v) is 7.28. The number of halogens is 2. The van der Waals surface area contributed by atoms with E-state index in [-0.39, 0.29) is 12.6 Å². The van der Waals surface area contributed by atoms with E-state index in [1.54, 1.807) is 17.0 Å². The zero-order chi connectivity index (χ0) is 14.0. The highest BCUT2D eigenvalue weighted by atomic mass is 79.9. The van der Waals surface area contributed by atoms with Crippen LogP contribution in [0.25, 0.3) is 0 Å². The van der Waals surface area contributed by atoms with Gasteiger partial charge in [0.05, 0.1) is 22.9 Å². The fraction of sp³-hybridized carbons (Fsp3) is 0.462. The minimum Gasteiger partial charge on any atom is -0.394 e. The summed E-state index contributed by atoms with van der Waals surface area (Å²) in [5, 5.41) is 12.7. The van der Waals surface area contributed by atoms with E-state index in [0.717, 1.165) is 17.3 Å². The van der Waals surface area contributed by atoms with Crippen molar-refractivity contribution >= 4 is 39.2 Å². The highest BCUT2D eigenvalue weighted by molar-refractivity contribution is 9.10. The van der Waals surface area contributed by atoms with Gasteiger partial charge in [-0.3, -0.25) is 0 Å². The molecule has 1 heterocycles. The molecular formula is C13H16BrClN2O2. The van der Waals surface area contributed by atoms with Crippen molar-refractivity contribution in [2.24, 2.45) is 0 Å². The molecule has 0 bridgehead atoms. The molecule has 0 aliphatic carbocycles. The van der Waals surface area contributed by atoms with E-state index in [2.05, 4.69) is 21.2 Å². The second-order valence-corrected chi connectivity index (χ2v) is 6.29. The van der Waals surface area contributed by atoms with Gasteiger partial charge in [-0.25, -0.2) is 4.79 Å². The van der Waals surface area contributed by atoms with E-state index in [1.807, 2.05) is 13.0 Å². The van der Waals surface area contributed by atoms with Crippen LogP contribution < -0.4 is 5.32 Å². The summed E-state index contributed by atoms with van der Waals surface area (Å²) >= 11 is 9.39. The molecule has 1 fully saturated rings. The third-order valence-electron chi connectivity index (χ3n) is 3.51. The number of nitrogens with zero attached hydrogens (tertiary/aromatic N) is 1. The lowest BCUT2D eigenvalue weighted by Crippen LogP contribution is -2.49. The van der Waals surface area contributed by atoms with Gasteiger partial charge in [0.2, 0.25) is 0 Å². The van der Waals surface area contributed by atoms with E-state index in [4.69, 9.17) is 11.6 Å². The van der Waals surface area contributed by atoms with E-state index in [1.165, 1.54) is 0 Å². The fourth-order valence-electron chi connectivity index (χ4n) is 2.31. The summed E-state index contributed by atoms with van der Waals surface area (Å²) in [7, 11) is 0. The topological polar surface area (TPSA) is 52.6 Å². The van der Waals surface area contributed by atoms with Crippen LogP contribution >= 0.6 is 27.5 Å². The van der Waals surface area contributed by atoms with Crippen molar-refractivity contribution in [3.8, 4) is 0 Å². The number of rotatable bonds is 2. The first-order valence-electron chi connectivity index (χ1n) is 6.11. The largest absolute Gasteiger partial charge is 0.394 e. The quantitative estimate of drug-likeness (QED) is 0.860. The highest BCUT2D eigenvalue weighted by Gasteiger charge is 2.39. The van der Waals surface area contributed by atoms with Crippen molar-refractivity contribution < 1.29 is 9.90 Å². The standard InChI is InChI=1S/C13H16BrClN2O2/c1-13(8-18)5-2-6-17(13)12(19)16-11-4-3-9(14)7-10(11)15/h3-4,7,18H,2,5-6,8H2,1H3,(H,16,19). The first kappa shape index (κ1) is 14.6. The number of amides is 2. The lowest BCUT2D eigenvalue weighted by Gasteiger charge is -2.33. The van der Waals surface area contributed by atoms with Gasteiger partial charge >= 0.3 is 6.03 Å². The molecule has 1 saturated heterocycles. The van der Waals surface area contributed by atoms with Crippen molar-refractivity contribution in [2.75, 3.05) is 18.5 Å². The van der Waals surface area contributed by atoms with Crippen LogP contribution in [0.1, 0.15) is 19.8 Å². The molecule has 1 atom stereocenters. The molecule has 0 saturated carbocycles. The maximum absolute atomic E-state index is 12.3. The zero-order valence-electron chi connectivity index (χ0n) is 10.6. The number of nitrogens with one attached hydrogen (secondary N) is 1. The minimum absolute atomic E-state index is 0.0332. The number of aliphatic hydroxyl groups is 1. The van der Waals surface area contributed by atoms with Gasteiger partial charge in [0.1, 0.15) is 0 Å². The Kier molecular flexibility index (Phi) is 4.38. The average Bonchev–Trinajstić information content (AvgIpc) is 2.76. The first-order chi connectivity index (χ1) is 8.96. The number of hydrogen-bond donors (Lipinski definition) is 2. The van der Waals surface area contributed by atoms with Gasteiger partial charge < -0.3 is 15.3 Å². The number of carbonyl (C=O) groups excluding carboxylic acids is 1. The van der Waals surface area contributed by atoms with Crippen molar-refractivity contribution in [2.45, 2.75) is 25.3 Å². The Hall–Kier alpha value is -0.780. The van der Waals surface area contributed by atoms with Crippen LogP contribution in [0.4, 0.5) is 10.5 Å². The predicted molar refractivity (Wildman–Crippen MR) is 79.6 cm³/mol. The van der Waals surface area contributed by atoms with Gasteiger partial charge in [-0.15, -0.1) is 0 Å². The second-order valence-electron chi connectivity index (χ2n) is 4.96. The van der Waals surface area contributed by atoms with Crippen molar-refractivity contribution in [1.82, 2.24) is 4.90 Å². The molecule has 19 heavy (non-hydrogen) atoms. The monoisotopic (exact) mass is 346 g/mol. The van der Waals surface area contributed by atoms with Crippen molar-refractivity contribution in [1.29, 1.82) is 0 Å². The van der Waals surface area contributed by atoms with Crippen LogP contribution in [-0.2, 0) is 0 Å². The molecule has 0 radical (unpaired) electrons. The summed E-state index contributed by atoms with van der Waals surface area (Å²) in [4.78, 5) is 13.9. The number of aliphatic hydroxyl groups excluding tert-OH is 1. The predicted octanol–water partition coefficient (Wildman–Crippen LogP) is 3.48. The molecule has 0 aromatic heterocycles. The lowest BCUT2D eigenvalue weighted by molar-refractivity contribution is 0.104. The number of anilines is 1. The molecule has 1 unspecified atom stereocenters. The molecule has 1 aliphatic rings. The third-order valence-corrected chi connectivity index (χ3v) is 4.31. The molecule has 104 valence electrons. The molecule has 1 aromatic rings. The third kappa shape index (κ3) is 3.04. The summed E-state index contributed by atoms with van der Waals surface area (Å²) in [6.45, 7) is 2.51. The van der Waals surface area contributed by atoms with Crippen LogP contribution in [0.5, 0.6) is 0 Å². The smallest absolute Gasteiger partial charge is 0.322 e. The average molecular weight is 348 g/mol. The highest BCUT2D eigenvalue weighted by Crippen LogP contribution is 2.31. The van der Waals surface area contributed by atoms with E-state index in [0.29, 0.717) is 17.3 Å². The van der Waals surface area contributed by atoms with E-state index in [9.17, 15) is 9.90 Å². The molecule has 1 aromatic carbocycles. The Labute approximate surface area is 125 Å². The zero-order valence-corrected chi connectivity index (χ0v) is 13.0. The van der Waals surface area contributed by atoms with E-state index < -0.39 is 5.54 Å². The van der Waals surface area contributed by atoms with Crippen LogP contribution in [-0.4, -0.2) is 34.7 Å². The Bertz CT molecular complexity index is 498. The lowest BCUT2D eigenvalue weighted by atomic mass is 10.0. The Morgan fingerprint density at radius 3 is 3.00 bits per heavy atom. The second kappa shape index (κ2) is 5.69. The Morgan fingerprint density at radius 2 is 2.37 bits per heavy atom. The number of hydrogen-bond acceptors (Lipinski definition) is 2. The van der Waals surface area contributed by atoms with Crippen LogP contribution in [0.15, 0.2) is 22.7 Å². The molecule has 1 aliphatic heterocycles. The SMILES string of the molecule is CC1(CO)CCCN1C(=O)Nc1ccc(Br)cc1Cl. The molecular weight excluding hydrogens is 332 g/mol. The molecule has 2 rings (SSSR count). The van der Waals surface area contributed by atoms with Gasteiger partial charge in [-0.2, -0.15) is 0 Å². The Balaban J connectivity index is 2.13. The normalized spacial score (nSPS) is 22.6. The summed E-state index contributed by atoms with van der Waals surface area (Å²) in [5.41, 5.74) is 0.0911. The van der Waals surface area contributed by atoms with E-state index >= 15 is 0 Å². The molecule has 4 nitrogen and oxygen atoms in total. The molecule has 0 spiro atoms. The number of urea groups is 1. The molecule has 6 heteroatoms. The van der Waals surface area contributed by atoms with Crippen molar-refractivity contribution in [3.05, 3.63) is 27.7 Å². The van der Waals surface area contributed by atoms with Gasteiger partial charge in [-0.1, -0.05) is 27.5 Å². The number of likely N-dealkylation sites (tertiary alicyclic amines) is 1. The van der Waals surface area contributed by atoms with Gasteiger partial charge in [0.25, 0.3) is 0 Å². The van der Waals surface area contributed by atoms with Gasteiger partial charge in [0, 0.05) is 11.0 Å².